The number of hydrogen-bond acceptors (Lipinski definition) is 5. The average Bonchev–Trinajstić information content (AvgIpc) is 3.31. The third-order valence-corrected chi connectivity index (χ3v) is 6.22. The van der Waals surface area contributed by atoms with E-state index in [2.05, 4.69) is 15.3 Å². The van der Waals surface area contributed by atoms with E-state index in [0.717, 1.165) is 37.3 Å². The van der Waals surface area contributed by atoms with Crippen LogP contribution in [0.4, 0.5) is 5.69 Å². The summed E-state index contributed by atoms with van der Waals surface area (Å²) in [6, 6.07) is 17.5. The number of carbonyl (C=O) groups excluding carboxylic acids is 1. The second kappa shape index (κ2) is 6.83. The number of nitrogens with one attached hydrogen (secondary N) is 1. The molecule has 0 radical (unpaired) electrons. The zero-order valence-electron chi connectivity index (χ0n) is 15.9. The highest BCUT2D eigenvalue weighted by molar-refractivity contribution is 7.21. The third-order valence-electron chi connectivity index (χ3n) is 4.95. The quantitative estimate of drug-likeness (QED) is 0.406. The first kappa shape index (κ1) is 17.6. The number of aromatic nitrogens is 2. The molecular weight excluding hydrogens is 382 g/mol. The lowest BCUT2D eigenvalue weighted by Crippen LogP contribution is -2.12. The fourth-order valence-corrected chi connectivity index (χ4v) is 4.46. The number of carbonyl (C=O) groups is 1. The summed E-state index contributed by atoms with van der Waals surface area (Å²) in [5.41, 5.74) is 4.69. The number of nitrogens with zero attached hydrogens (tertiary/aromatic N) is 2. The number of anilines is 1. The van der Waals surface area contributed by atoms with Gasteiger partial charge in [0.2, 0.25) is 5.89 Å². The van der Waals surface area contributed by atoms with Crippen LogP contribution in [0.25, 0.3) is 32.8 Å². The Morgan fingerprint density at radius 1 is 1.07 bits per heavy atom. The minimum absolute atomic E-state index is 0.108. The molecule has 3 aromatic heterocycles. The predicted molar refractivity (Wildman–Crippen MR) is 116 cm³/mol. The average molecular weight is 399 g/mol. The highest BCUT2D eigenvalue weighted by Crippen LogP contribution is 2.32. The molecule has 29 heavy (non-hydrogen) atoms. The second-order valence-corrected chi connectivity index (χ2v) is 7.93. The lowest BCUT2D eigenvalue weighted by molar-refractivity contribution is 0.103. The number of aryl methyl sites for hydroxylation is 2. The minimum atomic E-state index is -0.108. The Morgan fingerprint density at radius 3 is 2.76 bits per heavy atom. The van der Waals surface area contributed by atoms with Crippen molar-refractivity contribution in [1.82, 2.24) is 9.97 Å². The van der Waals surface area contributed by atoms with E-state index in [4.69, 9.17) is 4.42 Å². The zero-order chi connectivity index (χ0) is 20.0. The molecule has 2 aromatic carbocycles. The van der Waals surface area contributed by atoms with E-state index in [1.165, 1.54) is 11.3 Å². The van der Waals surface area contributed by atoms with Gasteiger partial charge in [-0.3, -0.25) is 4.79 Å². The lowest BCUT2D eigenvalue weighted by atomic mass is 10.1. The van der Waals surface area contributed by atoms with Crippen molar-refractivity contribution in [2.24, 2.45) is 0 Å². The van der Waals surface area contributed by atoms with Crippen LogP contribution in [0.5, 0.6) is 0 Å². The molecule has 3 heterocycles. The maximum Gasteiger partial charge on any atom is 0.266 e. The Kier molecular flexibility index (Phi) is 4.14. The van der Waals surface area contributed by atoms with Crippen molar-refractivity contribution in [2.45, 2.75) is 13.8 Å². The van der Waals surface area contributed by atoms with Crippen LogP contribution in [0.1, 0.15) is 20.8 Å². The first-order chi connectivity index (χ1) is 14.1. The highest BCUT2D eigenvalue weighted by Gasteiger charge is 2.17. The van der Waals surface area contributed by atoms with Crippen molar-refractivity contribution in [3.05, 3.63) is 76.8 Å². The summed E-state index contributed by atoms with van der Waals surface area (Å²) in [7, 11) is 0. The molecule has 0 atom stereocenters. The van der Waals surface area contributed by atoms with Gasteiger partial charge in [-0.1, -0.05) is 24.3 Å². The fraction of sp³-hybridized carbons (Fsp3) is 0.0870. The molecule has 5 rings (SSSR count). The van der Waals surface area contributed by atoms with E-state index in [-0.39, 0.29) is 5.91 Å². The molecule has 5 nitrogen and oxygen atoms in total. The third kappa shape index (κ3) is 3.07. The maximum atomic E-state index is 13.0. The van der Waals surface area contributed by atoms with Crippen molar-refractivity contribution in [2.75, 3.05) is 5.32 Å². The SMILES string of the molecule is Cc1ccc(-c2nc3ncccc3o2)cc1NC(=O)c1sc2ccccc2c1C. The van der Waals surface area contributed by atoms with E-state index in [9.17, 15) is 4.79 Å². The minimum Gasteiger partial charge on any atom is -0.434 e. The molecule has 0 aliphatic rings. The number of benzene rings is 2. The van der Waals surface area contributed by atoms with Gasteiger partial charge in [-0.2, -0.15) is 4.98 Å². The first-order valence-corrected chi connectivity index (χ1v) is 10.0. The Hall–Kier alpha value is -3.51. The number of thiophene rings is 1. The number of hydrogen-bond donors (Lipinski definition) is 1. The summed E-state index contributed by atoms with van der Waals surface area (Å²) in [6.45, 7) is 3.95. The van der Waals surface area contributed by atoms with Crippen LogP contribution in [-0.2, 0) is 0 Å². The van der Waals surface area contributed by atoms with Crippen LogP contribution in [0.15, 0.2) is 65.2 Å². The van der Waals surface area contributed by atoms with Crippen LogP contribution in [0.3, 0.4) is 0 Å². The molecule has 6 heteroatoms. The summed E-state index contributed by atoms with van der Waals surface area (Å²) < 4.78 is 6.92. The lowest BCUT2D eigenvalue weighted by Gasteiger charge is -2.09. The van der Waals surface area contributed by atoms with Crippen LogP contribution in [0, 0.1) is 13.8 Å². The van der Waals surface area contributed by atoms with E-state index >= 15 is 0 Å². The van der Waals surface area contributed by atoms with Crippen molar-refractivity contribution in [3.8, 4) is 11.5 Å². The van der Waals surface area contributed by atoms with Crippen LogP contribution >= 0.6 is 11.3 Å². The molecule has 0 saturated carbocycles. The van der Waals surface area contributed by atoms with E-state index in [1.807, 2.05) is 68.4 Å². The Labute approximate surface area is 171 Å². The van der Waals surface area contributed by atoms with Gasteiger partial charge < -0.3 is 9.73 Å². The molecule has 1 N–H and O–H groups in total. The van der Waals surface area contributed by atoms with Gasteiger partial charge in [0.15, 0.2) is 11.2 Å². The number of pyridine rings is 1. The van der Waals surface area contributed by atoms with Crippen molar-refractivity contribution in [1.29, 1.82) is 0 Å². The molecule has 0 saturated heterocycles. The number of amides is 1. The fourth-order valence-electron chi connectivity index (χ4n) is 3.35. The summed E-state index contributed by atoms with van der Waals surface area (Å²) in [6.07, 6.45) is 1.68. The van der Waals surface area contributed by atoms with Gasteiger partial charge in [0.1, 0.15) is 0 Å². The molecule has 0 aliphatic heterocycles. The molecule has 0 bridgehead atoms. The largest absolute Gasteiger partial charge is 0.434 e. The smallest absolute Gasteiger partial charge is 0.266 e. The zero-order valence-corrected chi connectivity index (χ0v) is 16.7. The van der Waals surface area contributed by atoms with Crippen molar-refractivity contribution >= 4 is 44.2 Å². The Bertz CT molecular complexity index is 1350. The van der Waals surface area contributed by atoms with Gasteiger partial charge in [0.05, 0.1) is 4.88 Å². The van der Waals surface area contributed by atoms with E-state index in [1.54, 1.807) is 6.20 Å². The van der Waals surface area contributed by atoms with Gasteiger partial charge >= 0.3 is 0 Å². The molecule has 0 aliphatic carbocycles. The van der Waals surface area contributed by atoms with Crippen LogP contribution < -0.4 is 5.32 Å². The van der Waals surface area contributed by atoms with Gasteiger partial charge in [-0.15, -0.1) is 11.3 Å². The number of oxazole rings is 1. The van der Waals surface area contributed by atoms with Crippen LogP contribution in [0.2, 0.25) is 0 Å². The van der Waals surface area contributed by atoms with Crippen LogP contribution in [-0.4, -0.2) is 15.9 Å². The molecular formula is C23H17N3O2S. The topological polar surface area (TPSA) is 68.0 Å². The van der Waals surface area contributed by atoms with Gasteiger partial charge in [-0.05, 0) is 60.7 Å². The maximum absolute atomic E-state index is 13.0. The molecule has 0 fully saturated rings. The number of rotatable bonds is 3. The summed E-state index contributed by atoms with van der Waals surface area (Å²) >= 11 is 1.51. The van der Waals surface area contributed by atoms with Gasteiger partial charge in [-0.25, -0.2) is 4.98 Å². The highest BCUT2D eigenvalue weighted by atomic mass is 32.1. The Balaban J connectivity index is 1.50. The Morgan fingerprint density at radius 2 is 1.93 bits per heavy atom. The molecule has 0 spiro atoms. The second-order valence-electron chi connectivity index (χ2n) is 6.88. The van der Waals surface area contributed by atoms with Gasteiger partial charge in [0.25, 0.3) is 5.91 Å². The van der Waals surface area contributed by atoms with Crippen molar-refractivity contribution in [3.63, 3.8) is 0 Å². The summed E-state index contributed by atoms with van der Waals surface area (Å²) in [4.78, 5) is 22.4. The van der Waals surface area contributed by atoms with E-state index < -0.39 is 0 Å². The first-order valence-electron chi connectivity index (χ1n) is 9.22. The van der Waals surface area contributed by atoms with Crippen molar-refractivity contribution < 1.29 is 9.21 Å². The molecule has 142 valence electrons. The molecule has 0 unspecified atom stereocenters. The predicted octanol–water partition coefficient (Wildman–Crippen LogP) is 5.97. The molecule has 5 aromatic rings. The monoisotopic (exact) mass is 399 g/mol. The normalized spacial score (nSPS) is 11.2. The summed E-state index contributed by atoms with van der Waals surface area (Å²) in [5, 5.41) is 4.18. The van der Waals surface area contributed by atoms with Gasteiger partial charge in [0, 0.05) is 22.1 Å². The standard InChI is InChI=1S/C23H17N3O2S/c1-13-9-10-15(23-26-21-18(28-23)7-5-11-24-21)12-17(13)25-22(27)20-14(2)16-6-3-4-8-19(16)29-20/h3-12H,1-2H3,(H,25,27). The summed E-state index contributed by atoms with van der Waals surface area (Å²) in [5.74, 6) is 0.371. The molecule has 1 amide bonds. The number of fused-ring (bicyclic) bond motifs is 2. The van der Waals surface area contributed by atoms with E-state index in [0.29, 0.717) is 17.1 Å².